The van der Waals surface area contributed by atoms with Crippen molar-refractivity contribution in [2.45, 2.75) is 9.79 Å². The standard InChI is InChI=1S/C14H11ClO2S/c1-17-13-4-2-3-5-14(13)18-11-7-6-10(9-16)12(15)8-11/h2-9H,1H3. The molecule has 2 nitrogen and oxygen atoms in total. The molecule has 18 heavy (non-hydrogen) atoms. The van der Waals surface area contributed by atoms with Gasteiger partial charge in [0.1, 0.15) is 5.75 Å². The van der Waals surface area contributed by atoms with E-state index in [1.807, 2.05) is 30.3 Å². The zero-order chi connectivity index (χ0) is 13.0. The van der Waals surface area contributed by atoms with Gasteiger partial charge in [0.2, 0.25) is 0 Å². The Morgan fingerprint density at radius 1 is 1.22 bits per heavy atom. The lowest BCUT2D eigenvalue weighted by molar-refractivity contribution is 0.112. The average Bonchev–Trinajstić information content (AvgIpc) is 2.39. The highest BCUT2D eigenvalue weighted by Crippen LogP contribution is 2.35. The molecule has 0 aliphatic carbocycles. The van der Waals surface area contributed by atoms with Gasteiger partial charge in [0, 0.05) is 10.5 Å². The Morgan fingerprint density at radius 3 is 2.67 bits per heavy atom. The monoisotopic (exact) mass is 278 g/mol. The lowest BCUT2D eigenvalue weighted by Crippen LogP contribution is -1.86. The second kappa shape index (κ2) is 5.94. The van der Waals surface area contributed by atoms with Gasteiger partial charge in [0.05, 0.1) is 17.0 Å². The summed E-state index contributed by atoms with van der Waals surface area (Å²) >= 11 is 7.54. The number of carbonyl (C=O) groups excluding carboxylic acids is 1. The predicted octanol–water partition coefficient (Wildman–Crippen LogP) is 4.31. The lowest BCUT2D eigenvalue weighted by atomic mass is 10.2. The van der Waals surface area contributed by atoms with E-state index >= 15 is 0 Å². The largest absolute Gasteiger partial charge is 0.496 e. The number of aldehydes is 1. The average molecular weight is 279 g/mol. The van der Waals surface area contributed by atoms with Crippen molar-refractivity contribution in [2.75, 3.05) is 7.11 Å². The molecular weight excluding hydrogens is 268 g/mol. The second-order valence-corrected chi connectivity index (χ2v) is 5.08. The van der Waals surface area contributed by atoms with Crippen LogP contribution in [0, 0.1) is 0 Å². The molecular formula is C14H11ClO2S. The van der Waals surface area contributed by atoms with Crippen molar-refractivity contribution in [3.05, 3.63) is 53.1 Å². The molecule has 2 rings (SSSR count). The molecule has 0 amide bonds. The van der Waals surface area contributed by atoms with Crippen LogP contribution in [0.2, 0.25) is 5.02 Å². The van der Waals surface area contributed by atoms with E-state index in [-0.39, 0.29) is 0 Å². The van der Waals surface area contributed by atoms with Crippen LogP contribution < -0.4 is 4.74 Å². The summed E-state index contributed by atoms with van der Waals surface area (Å²) in [5, 5.41) is 0.463. The maximum Gasteiger partial charge on any atom is 0.151 e. The molecule has 0 bridgehead atoms. The normalized spacial score (nSPS) is 10.1. The summed E-state index contributed by atoms with van der Waals surface area (Å²) in [7, 11) is 1.64. The molecule has 92 valence electrons. The van der Waals surface area contributed by atoms with Crippen LogP contribution in [0.5, 0.6) is 5.75 Å². The molecule has 0 heterocycles. The van der Waals surface area contributed by atoms with Crippen LogP contribution in [-0.2, 0) is 0 Å². The summed E-state index contributed by atoms with van der Waals surface area (Å²) in [6.45, 7) is 0. The first-order chi connectivity index (χ1) is 8.74. The third kappa shape index (κ3) is 2.86. The number of rotatable bonds is 4. The van der Waals surface area contributed by atoms with Crippen LogP contribution in [-0.4, -0.2) is 13.4 Å². The first kappa shape index (κ1) is 13.0. The number of benzene rings is 2. The van der Waals surface area contributed by atoms with Gasteiger partial charge in [-0.05, 0) is 30.3 Å². The van der Waals surface area contributed by atoms with Gasteiger partial charge in [-0.3, -0.25) is 4.79 Å². The topological polar surface area (TPSA) is 26.3 Å². The third-order valence-electron chi connectivity index (χ3n) is 2.40. The minimum Gasteiger partial charge on any atom is -0.496 e. The van der Waals surface area contributed by atoms with E-state index in [4.69, 9.17) is 16.3 Å². The molecule has 0 aliphatic heterocycles. The van der Waals surface area contributed by atoms with Crippen molar-refractivity contribution < 1.29 is 9.53 Å². The minimum absolute atomic E-state index is 0.463. The van der Waals surface area contributed by atoms with Crippen molar-refractivity contribution in [2.24, 2.45) is 0 Å². The Bertz CT molecular complexity index is 569. The highest BCUT2D eigenvalue weighted by molar-refractivity contribution is 7.99. The van der Waals surface area contributed by atoms with E-state index in [2.05, 4.69) is 0 Å². The molecule has 0 aliphatic rings. The predicted molar refractivity (Wildman–Crippen MR) is 74.0 cm³/mol. The molecule has 0 saturated carbocycles. The fraction of sp³-hybridized carbons (Fsp3) is 0.0714. The molecule has 0 fully saturated rings. The van der Waals surface area contributed by atoms with Crippen LogP contribution in [0.15, 0.2) is 52.3 Å². The smallest absolute Gasteiger partial charge is 0.151 e. The molecule has 0 atom stereocenters. The number of para-hydroxylation sites is 1. The zero-order valence-corrected chi connectivity index (χ0v) is 11.3. The first-order valence-electron chi connectivity index (χ1n) is 5.30. The van der Waals surface area contributed by atoms with E-state index < -0.39 is 0 Å². The molecule has 0 spiro atoms. The van der Waals surface area contributed by atoms with Gasteiger partial charge in [-0.1, -0.05) is 35.5 Å². The van der Waals surface area contributed by atoms with E-state index in [0.717, 1.165) is 21.8 Å². The van der Waals surface area contributed by atoms with Gasteiger partial charge in [-0.15, -0.1) is 0 Å². The van der Waals surface area contributed by atoms with Crippen LogP contribution in [0.1, 0.15) is 10.4 Å². The van der Waals surface area contributed by atoms with Gasteiger partial charge < -0.3 is 4.74 Å². The maximum absolute atomic E-state index is 10.7. The van der Waals surface area contributed by atoms with Crippen LogP contribution in [0.25, 0.3) is 0 Å². The molecule has 0 N–H and O–H groups in total. The summed E-state index contributed by atoms with van der Waals surface area (Å²) in [6.07, 6.45) is 0.750. The summed E-state index contributed by atoms with van der Waals surface area (Å²) in [5.41, 5.74) is 0.501. The Morgan fingerprint density at radius 2 is 2.00 bits per heavy atom. The van der Waals surface area contributed by atoms with Crippen molar-refractivity contribution in [3.8, 4) is 5.75 Å². The summed E-state index contributed by atoms with van der Waals surface area (Å²) in [4.78, 5) is 12.7. The second-order valence-electron chi connectivity index (χ2n) is 3.55. The lowest BCUT2D eigenvalue weighted by Gasteiger charge is -2.08. The molecule has 0 radical (unpaired) electrons. The summed E-state index contributed by atoms with van der Waals surface area (Å²) in [6, 6.07) is 13.1. The molecule has 2 aromatic rings. The Balaban J connectivity index is 2.28. The van der Waals surface area contributed by atoms with Crippen molar-refractivity contribution >= 4 is 29.6 Å². The van der Waals surface area contributed by atoms with Gasteiger partial charge in [-0.25, -0.2) is 0 Å². The SMILES string of the molecule is COc1ccccc1Sc1ccc(C=O)c(Cl)c1. The van der Waals surface area contributed by atoms with Gasteiger partial charge in [0.25, 0.3) is 0 Å². The van der Waals surface area contributed by atoms with Crippen molar-refractivity contribution in [1.29, 1.82) is 0 Å². The van der Waals surface area contributed by atoms with Gasteiger partial charge in [0.15, 0.2) is 6.29 Å². The Labute approximate surface area is 115 Å². The van der Waals surface area contributed by atoms with Gasteiger partial charge >= 0.3 is 0 Å². The van der Waals surface area contributed by atoms with E-state index in [1.165, 1.54) is 0 Å². The fourth-order valence-electron chi connectivity index (χ4n) is 1.50. The van der Waals surface area contributed by atoms with E-state index in [0.29, 0.717) is 10.6 Å². The van der Waals surface area contributed by atoms with Crippen molar-refractivity contribution in [1.82, 2.24) is 0 Å². The van der Waals surface area contributed by atoms with Crippen LogP contribution in [0.3, 0.4) is 0 Å². The van der Waals surface area contributed by atoms with Crippen molar-refractivity contribution in [3.63, 3.8) is 0 Å². The third-order valence-corrected chi connectivity index (χ3v) is 3.77. The molecule has 0 unspecified atom stereocenters. The molecule has 4 heteroatoms. The number of hydrogen-bond donors (Lipinski definition) is 0. The maximum atomic E-state index is 10.7. The number of methoxy groups -OCH3 is 1. The van der Waals surface area contributed by atoms with E-state index in [9.17, 15) is 4.79 Å². The Hall–Kier alpha value is -1.45. The number of halogens is 1. The number of carbonyl (C=O) groups is 1. The number of hydrogen-bond acceptors (Lipinski definition) is 3. The Kier molecular flexibility index (Phi) is 4.28. The molecule has 2 aromatic carbocycles. The summed E-state index contributed by atoms with van der Waals surface area (Å²) < 4.78 is 5.28. The minimum atomic E-state index is 0.463. The number of ether oxygens (including phenoxy) is 1. The summed E-state index contributed by atoms with van der Waals surface area (Å²) in [5.74, 6) is 0.818. The molecule has 0 aromatic heterocycles. The molecule has 0 saturated heterocycles. The van der Waals surface area contributed by atoms with Crippen LogP contribution in [0.4, 0.5) is 0 Å². The van der Waals surface area contributed by atoms with Crippen LogP contribution >= 0.6 is 23.4 Å². The van der Waals surface area contributed by atoms with E-state index in [1.54, 1.807) is 31.0 Å². The highest BCUT2D eigenvalue weighted by Gasteiger charge is 2.06. The quantitative estimate of drug-likeness (QED) is 0.780. The fourth-order valence-corrected chi connectivity index (χ4v) is 2.75. The van der Waals surface area contributed by atoms with Gasteiger partial charge in [-0.2, -0.15) is 0 Å². The first-order valence-corrected chi connectivity index (χ1v) is 6.49. The zero-order valence-electron chi connectivity index (χ0n) is 9.72. The highest BCUT2D eigenvalue weighted by atomic mass is 35.5.